The van der Waals surface area contributed by atoms with E-state index in [1.165, 1.54) is 13.2 Å². The molecule has 0 fully saturated rings. The fourth-order valence-electron chi connectivity index (χ4n) is 1.59. The van der Waals surface area contributed by atoms with Crippen LogP contribution in [-0.4, -0.2) is 32.9 Å². The molecule has 2 N–H and O–H groups in total. The first kappa shape index (κ1) is 13.6. The van der Waals surface area contributed by atoms with Gasteiger partial charge in [-0.05, 0) is 18.2 Å². The van der Waals surface area contributed by atoms with Gasteiger partial charge >= 0.3 is 5.97 Å². The van der Waals surface area contributed by atoms with Gasteiger partial charge in [0.2, 0.25) is 10.0 Å². The Bertz CT molecular complexity index is 748. The van der Waals surface area contributed by atoms with Gasteiger partial charge in [0.25, 0.3) is 0 Å². The SMILES string of the molecule is COC(=O)c1sc2ccc(NS(C)(=O)=O)cc2c1O. The molecule has 2 aromatic rings. The summed E-state index contributed by atoms with van der Waals surface area (Å²) in [5.41, 5.74) is 0.319. The first-order chi connectivity index (χ1) is 8.81. The van der Waals surface area contributed by atoms with Gasteiger partial charge in [0.1, 0.15) is 5.75 Å². The number of hydrogen-bond donors (Lipinski definition) is 2. The van der Waals surface area contributed by atoms with E-state index in [2.05, 4.69) is 9.46 Å². The maximum atomic E-state index is 11.4. The van der Waals surface area contributed by atoms with Crippen LogP contribution in [0.2, 0.25) is 0 Å². The maximum Gasteiger partial charge on any atom is 0.351 e. The third-order valence-electron chi connectivity index (χ3n) is 2.34. The Balaban J connectivity index is 2.54. The predicted molar refractivity (Wildman–Crippen MR) is 73.3 cm³/mol. The topological polar surface area (TPSA) is 92.7 Å². The molecule has 6 nitrogen and oxygen atoms in total. The minimum atomic E-state index is -3.39. The van der Waals surface area contributed by atoms with Crippen molar-refractivity contribution in [3.8, 4) is 5.75 Å². The standard InChI is InChI=1S/C11H11NO5S2/c1-17-11(14)10-9(13)7-5-6(12-19(2,15)16)3-4-8(7)18-10/h3-5,12-13H,1-2H3. The van der Waals surface area contributed by atoms with Crippen LogP contribution in [0.25, 0.3) is 10.1 Å². The molecule has 19 heavy (non-hydrogen) atoms. The minimum Gasteiger partial charge on any atom is -0.505 e. The Morgan fingerprint density at radius 1 is 1.42 bits per heavy atom. The van der Waals surface area contributed by atoms with Crippen LogP contribution >= 0.6 is 11.3 Å². The van der Waals surface area contributed by atoms with Crippen LogP contribution in [0.4, 0.5) is 5.69 Å². The first-order valence-corrected chi connectivity index (χ1v) is 7.84. The van der Waals surface area contributed by atoms with Crippen molar-refractivity contribution in [2.45, 2.75) is 0 Å². The number of ether oxygens (including phenoxy) is 1. The molecule has 0 spiro atoms. The zero-order valence-corrected chi connectivity index (χ0v) is 11.8. The van der Waals surface area contributed by atoms with E-state index in [1.807, 2.05) is 0 Å². The van der Waals surface area contributed by atoms with E-state index in [4.69, 9.17) is 0 Å². The van der Waals surface area contributed by atoms with Gasteiger partial charge in [-0.25, -0.2) is 13.2 Å². The smallest absolute Gasteiger partial charge is 0.351 e. The third-order valence-corrected chi connectivity index (χ3v) is 4.08. The van der Waals surface area contributed by atoms with Gasteiger partial charge in [-0.1, -0.05) is 0 Å². The van der Waals surface area contributed by atoms with E-state index in [9.17, 15) is 18.3 Å². The molecule has 1 aromatic heterocycles. The summed E-state index contributed by atoms with van der Waals surface area (Å²) in [7, 11) is -2.17. The number of sulfonamides is 1. The number of carbonyl (C=O) groups excluding carboxylic acids is 1. The van der Waals surface area contributed by atoms with Gasteiger partial charge < -0.3 is 9.84 Å². The summed E-state index contributed by atoms with van der Waals surface area (Å²) in [6, 6.07) is 4.65. The molecule has 0 amide bonds. The van der Waals surface area contributed by atoms with Crippen molar-refractivity contribution in [2.24, 2.45) is 0 Å². The number of esters is 1. The number of benzene rings is 1. The van der Waals surface area contributed by atoms with E-state index in [0.717, 1.165) is 17.6 Å². The van der Waals surface area contributed by atoms with Crippen molar-refractivity contribution < 1.29 is 23.1 Å². The van der Waals surface area contributed by atoms with E-state index < -0.39 is 16.0 Å². The highest BCUT2D eigenvalue weighted by Crippen LogP contribution is 2.38. The summed E-state index contributed by atoms with van der Waals surface area (Å²) < 4.78 is 29.8. The molecular weight excluding hydrogens is 290 g/mol. The van der Waals surface area contributed by atoms with Crippen LogP contribution in [0.1, 0.15) is 9.67 Å². The lowest BCUT2D eigenvalue weighted by molar-refractivity contribution is 0.0603. The second-order valence-corrected chi connectivity index (χ2v) is 6.66. The van der Waals surface area contributed by atoms with Crippen LogP contribution in [0.3, 0.4) is 0 Å². The molecule has 8 heteroatoms. The predicted octanol–water partition coefficient (Wildman–Crippen LogP) is 1.76. The maximum absolute atomic E-state index is 11.4. The highest BCUT2D eigenvalue weighted by Gasteiger charge is 2.19. The first-order valence-electron chi connectivity index (χ1n) is 5.13. The largest absolute Gasteiger partial charge is 0.505 e. The van der Waals surface area contributed by atoms with Crippen molar-refractivity contribution in [1.82, 2.24) is 0 Å². The van der Waals surface area contributed by atoms with Gasteiger partial charge in [0, 0.05) is 15.8 Å². The number of methoxy groups -OCH3 is 1. The van der Waals surface area contributed by atoms with Crippen molar-refractivity contribution in [1.29, 1.82) is 0 Å². The Morgan fingerprint density at radius 3 is 2.68 bits per heavy atom. The van der Waals surface area contributed by atoms with Gasteiger partial charge in [-0.3, -0.25) is 4.72 Å². The molecule has 0 aliphatic rings. The second kappa shape index (κ2) is 4.71. The van der Waals surface area contributed by atoms with Crippen molar-refractivity contribution >= 4 is 43.1 Å². The van der Waals surface area contributed by atoms with Crippen LogP contribution in [0.5, 0.6) is 5.75 Å². The molecule has 0 aliphatic carbocycles. The lowest BCUT2D eigenvalue weighted by atomic mass is 10.2. The number of aromatic hydroxyl groups is 1. The van der Waals surface area contributed by atoms with Crippen LogP contribution < -0.4 is 4.72 Å². The van der Waals surface area contributed by atoms with Crippen molar-refractivity contribution in [3.05, 3.63) is 23.1 Å². The summed E-state index contributed by atoms with van der Waals surface area (Å²) in [6.07, 6.45) is 1.03. The zero-order chi connectivity index (χ0) is 14.2. The molecule has 2 rings (SSSR count). The van der Waals surface area contributed by atoms with E-state index in [1.54, 1.807) is 12.1 Å². The average molecular weight is 301 g/mol. The van der Waals surface area contributed by atoms with E-state index in [-0.39, 0.29) is 10.6 Å². The molecule has 1 heterocycles. The van der Waals surface area contributed by atoms with Crippen molar-refractivity contribution in [2.75, 3.05) is 18.1 Å². The zero-order valence-electron chi connectivity index (χ0n) is 10.1. The lowest BCUT2D eigenvalue weighted by Crippen LogP contribution is -2.09. The van der Waals surface area contributed by atoms with Gasteiger partial charge in [0.15, 0.2) is 4.88 Å². The fraction of sp³-hybridized carbons (Fsp3) is 0.182. The Hall–Kier alpha value is -1.80. The Labute approximate surface area is 113 Å². The van der Waals surface area contributed by atoms with Gasteiger partial charge in [-0.15, -0.1) is 11.3 Å². The Kier molecular flexibility index (Phi) is 3.38. The highest BCUT2D eigenvalue weighted by molar-refractivity contribution is 7.92. The fourth-order valence-corrected chi connectivity index (χ4v) is 3.14. The molecule has 102 valence electrons. The summed E-state index contributed by atoms with van der Waals surface area (Å²) in [5, 5.41) is 10.3. The molecule has 0 atom stereocenters. The molecule has 0 bridgehead atoms. The molecule has 0 saturated carbocycles. The Morgan fingerprint density at radius 2 is 2.11 bits per heavy atom. The molecule has 0 aliphatic heterocycles. The number of thiophene rings is 1. The van der Waals surface area contributed by atoms with E-state index >= 15 is 0 Å². The average Bonchev–Trinajstić information content (AvgIpc) is 2.64. The third kappa shape index (κ3) is 2.79. The lowest BCUT2D eigenvalue weighted by Gasteiger charge is -2.03. The van der Waals surface area contributed by atoms with E-state index in [0.29, 0.717) is 15.8 Å². The molecule has 1 aromatic carbocycles. The van der Waals surface area contributed by atoms with Crippen LogP contribution in [0, 0.1) is 0 Å². The number of rotatable bonds is 3. The second-order valence-electron chi connectivity index (χ2n) is 3.86. The molecular formula is C11H11NO5S2. The number of carbonyl (C=O) groups is 1. The monoisotopic (exact) mass is 301 g/mol. The van der Waals surface area contributed by atoms with Gasteiger partial charge in [-0.2, -0.15) is 0 Å². The molecule has 0 radical (unpaired) electrons. The number of nitrogens with one attached hydrogen (secondary N) is 1. The summed E-state index contributed by atoms with van der Waals surface area (Å²) >= 11 is 1.08. The molecule has 0 unspecified atom stereocenters. The van der Waals surface area contributed by atoms with Crippen LogP contribution in [-0.2, 0) is 14.8 Å². The molecule has 0 saturated heterocycles. The van der Waals surface area contributed by atoms with Crippen molar-refractivity contribution in [3.63, 3.8) is 0 Å². The summed E-state index contributed by atoms with van der Waals surface area (Å²) in [6.45, 7) is 0. The highest BCUT2D eigenvalue weighted by atomic mass is 32.2. The summed E-state index contributed by atoms with van der Waals surface area (Å²) in [4.78, 5) is 11.5. The number of anilines is 1. The number of hydrogen-bond acceptors (Lipinski definition) is 6. The summed E-state index contributed by atoms with van der Waals surface area (Å²) in [5.74, 6) is -0.833. The van der Waals surface area contributed by atoms with Crippen LogP contribution in [0.15, 0.2) is 18.2 Å². The number of fused-ring (bicyclic) bond motifs is 1. The van der Waals surface area contributed by atoms with Gasteiger partial charge in [0.05, 0.1) is 13.4 Å². The quantitative estimate of drug-likeness (QED) is 0.843. The minimum absolute atomic E-state index is 0.0917. The normalized spacial score (nSPS) is 11.5.